The van der Waals surface area contributed by atoms with Crippen molar-refractivity contribution >= 4 is 16.9 Å². The van der Waals surface area contributed by atoms with E-state index in [1.165, 1.54) is 46.0 Å². The summed E-state index contributed by atoms with van der Waals surface area (Å²) in [5.41, 5.74) is 2.52. The molecule has 1 N–H and O–H groups in total. The van der Waals surface area contributed by atoms with Gasteiger partial charge in [-0.25, -0.2) is 18.4 Å². The number of nitrogens with one attached hydrogen (secondary N) is 1. The molecule has 11 heteroatoms. The lowest BCUT2D eigenvalue weighted by Gasteiger charge is -2.08. The van der Waals surface area contributed by atoms with Crippen molar-refractivity contribution < 1.29 is 13.6 Å². The monoisotopic (exact) mass is 489 g/mol. The molecule has 3 aromatic heterocycles. The number of aromatic nitrogens is 6. The third-order valence-electron chi connectivity index (χ3n) is 5.75. The molecule has 0 spiro atoms. The molecule has 182 valence electrons. The number of carbonyl (C=O) groups is 1. The fourth-order valence-corrected chi connectivity index (χ4v) is 3.87. The van der Waals surface area contributed by atoms with Gasteiger partial charge in [-0.3, -0.25) is 18.8 Å². The minimum Gasteiger partial charge on any atom is -0.349 e. The number of hydrogen-bond donors (Lipinski definition) is 1. The van der Waals surface area contributed by atoms with Crippen LogP contribution in [0.1, 0.15) is 16.1 Å². The molecular formula is C25H21F2N7O2. The van der Waals surface area contributed by atoms with E-state index in [4.69, 9.17) is 0 Å². The minimum atomic E-state index is -0.347. The fraction of sp³-hybridized carbons (Fsp3) is 0.160. The van der Waals surface area contributed by atoms with E-state index in [1.807, 2.05) is 0 Å². The third kappa shape index (κ3) is 4.63. The highest BCUT2D eigenvalue weighted by Crippen LogP contribution is 2.19. The Hall–Kier alpha value is -4.67. The third-order valence-corrected chi connectivity index (χ3v) is 5.75. The highest BCUT2D eigenvalue weighted by atomic mass is 19.1. The normalized spacial score (nSPS) is 11.2. The first-order chi connectivity index (χ1) is 17.4. The molecule has 5 rings (SSSR count). The molecule has 0 unspecified atom stereocenters. The Labute approximate surface area is 203 Å². The maximum Gasteiger partial charge on any atom is 0.269 e. The average molecular weight is 489 g/mol. The predicted molar refractivity (Wildman–Crippen MR) is 128 cm³/mol. The van der Waals surface area contributed by atoms with E-state index < -0.39 is 0 Å². The highest BCUT2D eigenvalue weighted by Gasteiger charge is 2.15. The predicted octanol–water partition coefficient (Wildman–Crippen LogP) is 2.75. The average Bonchev–Trinajstić information content (AvgIpc) is 3.46. The lowest BCUT2D eigenvalue weighted by molar-refractivity contribution is 0.0942. The van der Waals surface area contributed by atoms with E-state index in [1.54, 1.807) is 42.1 Å². The Morgan fingerprint density at radius 3 is 2.44 bits per heavy atom. The van der Waals surface area contributed by atoms with E-state index in [2.05, 4.69) is 20.5 Å². The molecule has 1 amide bonds. The molecule has 0 radical (unpaired) electrons. The molecule has 5 aromatic rings. The van der Waals surface area contributed by atoms with Crippen LogP contribution >= 0.6 is 0 Å². The number of hydrogen-bond acceptors (Lipinski definition) is 5. The summed E-state index contributed by atoms with van der Waals surface area (Å²) >= 11 is 0. The summed E-state index contributed by atoms with van der Waals surface area (Å²) in [6.45, 7) is 0.799. The topological polar surface area (TPSA) is 99.6 Å². The number of rotatable bonds is 7. The Kier molecular flexibility index (Phi) is 6.11. The van der Waals surface area contributed by atoms with Crippen LogP contribution in [0.25, 0.3) is 22.3 Å². The number of amides is 1. The molecule has 0 aliphatic carbocycles. The van der Waals surface area contributed by atoms with Crippen molar-refractivity contribution in [1.82, 2.24) is 34.4 Å². The lowest BCUT2D eigenvalue weighted by Crippen LogP contribution is -2.29. The van der Waals surface area contributed by atoms with Crippen LogP contribution in [0.15, 0.2) is 71.9 Å². The van der Waals surface area contributed by atoms with Gasteiger partial charge in [-0.15, -0.1) is 0 Å². The molecule has 0 saturated heterocycles. The smallest absolute Gasteiger partial charge is 0.269 e. The van der Waals surface area contributed by atoms with Crippen molar-refractivity contribution in [3.8, 4) is 11.3 Å². The minimum absolute atomic E-state index is 0.243. The van der Waals surface area contributed by atoms with E-state index in [0.717, 1.165) is 5.56 Å². The van der Waals surface area contributed by atoms with Gasteiger partial charge in [-0.05, 0) is 48.0 Å². The lowest BCUT2D eigenvalue weighted by atomic mass is 10.1. The Balaban J connectivity index is 1.25. The molecule has 0 aliphatic heterocycles. The number of fused-ring (bicyclic) bond motifs is 1. The van der Waals surface area contributed by atoms with Gasteiger partial charge in [0.15, 0.2) is 5.65 Å². The standard InChI is InChI=1S/C25H21F2N7O2/c1-32-22(12-21(31-32)17-4-8-19(27)9-5-17)24(35)28-10-11-34-23-20(13-30-34)25(36)33(15-29-23)14-16-2-6-18(26)7-3-16/h2-9,12-13,15H,10-11,14H2,1H3,(H,28,35). The van der Waals surface area contributed by atoms with Crippen molar-refractivity contribution in [2.24, 2.45) is 7.05 Å². The Morgan fingerprint density at radius 2 is 1.72 bits per heavy atom. The van der Waals surface area contributed by atoms with Crippen LogP contribution in [0.3, 0.4) is 0 Å². The first-order valence-electron chi connectivity index (χ1n) is 11.1. The summed E-state index contributed by atoms with van der Waals surface area (Å²) in [6, 6.07) is 13.4. The molecule has 0 fully saturated rings. The second-order valence-electron chi connectivity index (χ2n) is 8.21. The fourth-order valence-electron chi connectivity index (χ4n) is 3.87. The zero-order chi connectivity index (χ0) is 25.2. The summed E-state index contributed by atoms with van der Waals surface area (Å²) in [5, 5.41) is 11.7. The van der Waals surface area contributed by atoms with Crippen LogP contribution in [-0.2, 0) is 20.1 Å². The second-order valence-corrected chi connectivity index (χ2v) is 8.21. The van der Waals surface area contributed by atoms with E-state index >= 15 is 0 Å². The Morgan fingerprint density at radius 1 is 1.03 bits per heavy atom. The quantitative estimate of drug-likeness (QED) is 0.379. The number of benzene rings is 2. The molecule has 0 atom stereocenters. The molecule has 9 nitrogen and oxygen atoms in total. The SMILES string of the molecule is Cn1nc(-c2ccc(F)cc2)cc1C(=O)NCCn1ncc2c(=O)n(Cc3ccc(F)cc3)cnc21. The number of nitrogens with zero attached hydrogens (tertiary/aromatic N) is 6. The van der Waals surface area contributed by atoms with Gasteiger partial charge in [-0.2, -0.15) is 10.2 Å². The van der Waals surface area contributed by atoms with Crippen LogP contribution in [0.2, 0.25) is 0 Å². The van der Waals surface area contributed by atoms with Gasteiger partial charge in [0.2, 0.25) is 0 Å². The zero-order valence-electron chi connectivity index (χ0n) is 19.2. The summed E-state index contributed by atoms with van der Waals surface area (Å²) in [7, 11) is 1.66. The van der Waals surface area contributed by atoms with Crippen LogP contribution in [0.4, 0.5) is 8.78 Å². The maximum absolute atomic E-state index is 13.2. The van der Waals surface area contributed by atoms with Crippen molar-refractivity contribution in [3.63, 3.8) is 0 Å². The summed E-state index contributed by atoms with van der Waals surface area (Å²) in [5.74, 6) is -1.02. The number of aryl methyl sites for hydroxylation is 1. The molecular weight excluding hydrogens is 468 g/mol. The number of carbonyl (C=O) groups excluding carboxylic acids is 1. The summed E-state index contributed by atoms with van der Waals surface area (Å²) in [6.07, 6.45) is 2.88. The largest absolute Gasteiger partial charge is 0.349 e. The van der Waals surface area contributed by atoms with E-state index in [9.17, 15) is 18.4 Å². The molecule has 3 heterocycles. The van der Waals surface area contributed by atoms with Crippen LogP contribution in [-0.4, -0.2) is 41.6 Å². The van der Waals surface area contributed by atoms with Crippen molar-refractivity contribution in [1.29, 1.82) is 0 Å². The van der Waals surface area contributed by atoms with Gasteiger partial charge in [0, 0.05) is 19.2 Å². The second kappa shape index (κ2) is 9.53. The van der Waals surface area contributed by atoms with E-state index in [-0.39, 0.29) is 36.2 Å². The van der Waals surface area contributed by atoms with Gasteiger partial charge >= 0.3 is 0 Å². The van der Waals surface area contributed by atoms with Gasteiger partial charge in [0.1, 0.15) is 29.0 Å². The van der Waals surface area contributed by atoms with Crippen LogP contribution in [0.5, 0.6) is 0 Å². The zero-order valence-corrected chi connectivity index (χ0v) is 19.2. The number of halogens is 2. The highest BCUT2D eigenvalue weighted by molar-refractivity contribution is 5.93. The molecule has 0 bridgehead atoms. The molecule has 0 aliphatic rings. The van der Waals surface area contributed by atoms with Gasteiger partial charge < -0.3 is 5.32 Å². The maximum atomic E-state index is 13.2. The van der Waals surface area contributed by atoms with Crippen molar-refractivity contribution in [3.05, 3.63) is 100 Å². The Bertz CT molecular complexity index is 1600. The van der Waals surface area contributed by atoms with Crippen molar-refractivity contribution in [2.45, 2.75) is 13.1 Å². The van der Waals surface area contributed by atoms with Crippen LogP contribution in [0, 0.1) is 11.6 Å². The van der Waals surface area contributed by atoms with Gasteiger partial charge in [0.05, 0.1) is 25.0 Å². The molecule has 0 saturated carbocycles. The first kappa shape index (κ1) is 23.1. The first-order valence-corrected chi connectivity index (χ1v) is 11.1. The summed E-state index contributed by atoms with van der Waals surface area (Å²) in [4.78, 5) is 29.9. The van der Waals surface area contributed by atoms with Gasteiger partial charge in [-0.1, -0.05) is 12.1 Å². The van der Waals surface area contributed by atoms with Gasteiger partial charge in [0.25, 0.3) is 11.5 Å². The van der Waals surface area contributed by atoms with Crippen LogP contribution < -0.4 is 10.9 Å². The van der Waals surface area contributed by atoms with Crippen molar-refractivity contribution in [2.75, 3.05) is 6.54 Å². The van der Waals surface area contributed by atoms with E-state index in [0.29, 0.717) is 34.5 Å². The molecule has 36 heavy (non-hydrogen) atoms. The summed E-state index contributed by atoms with van der Waals surface area (Å²) < 4.78 is 30.8. The molecule has 2 aromatic carbocycles.